The van der Waals surface area contributed by atoms with Crippen LogP contribution in [0.4, 0.5) is 4.39 Å². The Labute approximate surface area is 188 Å². The van der Waals surface area contributed by atoms with E-state index < -0.39 is 17.6 Å². The van der Waals surface area contributed by atoms with E-state index in [0.717, 1.165) is 12.0 Å². The Morgan fingerprint density at radius 3 is 2.53 bits per heavy atom. The maximum Gasteiger partial charge on any atom is 0.256 e. The number of benzene rings is 2. The molecule has 2 aromatic rings. The van der Waals surface area contributed by atoms with Crippen molar-refractivity contribution >= 4 is 11.8 Å². The topological polar surface area (TPSA) is 67.9 Å². The van der Waals surface area contributed by atoms with Crippen LogP contribution in [0.5, 0.6) is 11.5 Å². The lowest BCUT2D eigenvalue weighted by molar-refractivity contribution is -0.124. The fourth-order valence-corrected chi connectivity index (χ4v) is 4.10. The summed E-state index contributed by atoms with van der Waals surface area (Å²) in [7, 11) is 3.14. The molecule has 0 unspecified atom stereocenters. The Morgan fingerprint density at radius 2 is 1.88 bits per heavy atom. The molecule has 2 atom stereocenters. The Morgan fingerprint density at radius 1 is 1.12 bits per heavy atom. The minimum Gasteiger partial charge on any atom is -0.497 e. The lowest BCUT2D eigenvalue weighted by atomic mass is 9.87. The summed E-state index contributed by atoms with van der Waals surface area (Å²) in [6.07, 6.45) is 0.865. The number of amides is 2. The van der Waals surface area contributed by atoms with Crippen molar-refractivity contribution in [3.05, 3.63) is 59.4 Å². The molecule has 0 spiro atoms. The van der Waals surface area contributed by atoms with Gasteiger partial charge in [0.1, 0.15) is 17.3 Å². The van der Waals surface area contributed by atoms with E-state index >= 15 is 0 Å². The van der Waals surface area contributed by atoms with Crippen LogP contribution >= 0.6 is 0 Å². The molecule has 1 saturated heterocycles. The average Bonchev–Trinajstić information content (AvgIpc) is 3.23. The smallest absolute Gasteiger partial charge is 0.256 e. The Balaban J connectivity index is 1.92. The van der Waals surface area contributed by atoms with Crippen LogP contribution in [0, 0.1) is 17.7 Å². The number of hydrogen-bond donors (Lipinski definition) is 1. The number of nitrogens with one attached hydrogen (secondary N) is 1. The first kappa shape index (κ1) is 23.6. The highest BCUT2D eigenvalue weighted by Crippen LogP contribution is 2.40. The molecule has 172 valence electrons. The van der Waals surface area contributed by atoms with Crippen LogP contribution in [0.1, 0.15) is 42.1 Å². The summed E-state index contributed by atoms with van der Waals surface area (Å²) in [5.74, 6) is -0.190. The predicted molar refractivity (Wildman–Crippen MR) is 121 cm³/mol. The molecule has 1 N–H and O–H groups in total. The summed E-state index contributed by atoms with van der Waals surface area (Å²) in [4.78, 5) is 27.8. The Kier molecular flexibility index (Phi) is 7.72. The van der Waals surface area contributed by atoms with Gasteiger partial charge in [0.25, 0.3) is 5.91 Å². The highest BCUT2D eigenvalue weighted by Gasteiger charge is 2.42. The van der Waals surface area contributed by atoms with Crippen molar-refractivity contribution in [2.75, 3.05) is 33.9 Å². The van der Waals surface area contributed by atoms with E-state index in [1.54, 1.807) is 43.4 Å². The third kappa shape index (κ3) is 5.21. The van der Waals surface area contributed by atoms with Crippen molar-refractivity contribution in [2.24, 2.45) is 11.8 Å². The van der Waals surface area contributed by atoms with Gasteiger partial charge in [-0.2, -0.15) is 0 Å². The third-order valence-electron chi connectivity index (χ3n) is 5.91. The molecule has 0 radical (unpaired) electrons. The van der Waals surface area contributed by atoms with Crippen molar-refractivity contribution in [3.8, 4) is 11.5 Å². The molecule has 3 rings (SSSR count). The Hall–Kier alpha value is -3.09. The summed E-state index contributed by atoms with van der Waals surface area (Å²) in [5.41, 5.74) is 0.796. The molecular formula is C25H31FN2O4. The number of likely N-dealkylation sites (tertiary alicyclic amines) is 1. The van der Waals surface area contributed by atoms with E-state index in [2.05, 4.69) is 19.2 Å². The molecule has 1 aliphatic heterocycles. The van der Waals surface area contributed by atoms with Gasteiger partial charge in [0.05, 0.1) is 25.7 Å². The molecule has 7 heteroatoms. The van der Waals surface area contributed by atoms with Crippen molar-refractivity contribution in [2.45, 2.75) is 26.2 Å². The molecule has 0 aliphatic carbocycles. The lowest BCUT2D eigenvalue weighted by Crippen LogP contribution is -2.36. The summed E-state index contributed by atoms with van der Waals surface area (Å²) in [6, 6.07) is 11.3. The van der Waals surface area contributed by atoms with Crippen molar-refractivity contribution < 1.29 is 23.5 Å². The van der Waals surface area contributed by atoms with Crippen LogP contribution in [0.15, 0.2) is 42.5 Å². The van der Waals surface area contributed by atoms with Gasteiger partial charge < -0.3 is 19.7 Å². The predicted octanol–water partition coefficient (Wildman–Crippen LogP) is 3.86. The van der Waals surface area contributed by atoms with Gasteiger partial charge in [-0.15, -0.1) is 0 Å². The van der Waals surface area contributed by atoms with Gasteiger partial charge in [0, 0.05) is 31.1 Å². The van der Waals surface area contributed by atoms with Crippen LogP contribution < -0.4 is 14.8 Å². The normalized spacial score (nSPS) is 18.0. The summed E-state index contributed by atoms with van der Waals surface area (Å²) < 4.78 is 25.2. The minimum atomic E-state index is -0.571. The third-order valence-corrected chi connectivity index (χ3v) is 5.91. The van der Waals surface area contributed by atoms with Gasteiger partial charge in [-0.25, -0.2) is 4.39 Å². The quantitative estimate of drug-likeness (QED) is 0.674. The maximum absolute atomic E-state index is 14.3. The highest BCUT2D eigenvalue weighted by molar-refractivity contribution is 5.95. The Bertz CT molecular complexity index is 963. The maximum atomic E-state index is 14.3. The molecule has 2 aromatic carbocycles. The molecule has 0 saturated carbocycles. The van der Waals surface area contributed by atoms with Gasteiger partial charge in [-0.3, -0.25) is 9.59 Å². The van der Waals surface area contributed by atoms with Gasteiger partial charge in [0.2, 0.25) is 5.91 Å². The largest absolute Gasteiger partial charge is 0.497 e. The lowest BCUT2D eigenvalue weighted by Gasteiger charge is -2.21. The first-order chi connectivity index (χ1) is 15.3. The number of carbonyl (C=O) groups is 2. The SMILES string of the molecule is COc1ccc(OC)c([C@@H]2CN(C(=O)c3ccccc3F)C[C@@H]2C(=O)NCCC(C)C)c1. The summed E-state index contributed by atoms with van der Waals surface area (Å²) in [6.45, 7) is 5.24. The fraction of sp³-hybridized carbons (Fsp3) is 0.440. The number of hydrogen-bond acceptors (Lipinski definition) is 4. The van der Waals surface area contributed by atoms with Crippen LogP contribution in [0.25, 0.3) is 0 Å². The number of carbonyl (C=O) groups excluding carboxylic acids is 2. The first-order valence-corrected chi connectivity index (χ1v) is 10.9. The molecule has 32 heavy (non-hydrogen) atoms. The van der Waals surface area contributed by atoms with E-state index in [0.29, 0.717) is 24.0 Å². The van der Waals surface area contributed by atoms with E-state index in [9.17, 15) is 14.0 Å². The minimum absolute atomic E-state index is 0.00437. The number of nitrogens with zero attached hydrogens (tertiary/aromatic N) is 1. The second kappa shape index (κ2) is 10.5. The number of ether oxygens (including phenoxy) is 2. The van der Waals surface area contributed by atoms with Gasteiger partial charge in [-0.1, -0.05) is 26.0 Å². The molecule has 2 amide bonds. The molecular weight excluding hydrogens is 411 g/mol. The van der Waals surface area contributed by atoms with Crippen molar-refractivity contribution in [1.82, 2.24) is 10.2 Å². The van der Waals surface area contributed by atoms with Crippen molar-refractivity contribution in [3.63, 3.8) is 0 Å². The zero-order valence-corrected chi connectivity index (χ0v) is 19.1. The second-order valence-corrected chi connectivity index (χ2v) is 8.48. The molecule has 1 heterocycles. The highest BCUT2D eigenvalue weighted by atomic mass is 19.1. The van der Waals surface area contributed by atoms with Crippen LogP contribution in [-0.2, 0) is 4.79 Å². The molecule has 0 bridgehead atoms. The average molecular weight is 443 g/mol. The van der Waals surface area contributed by atoms with Gasteiger partial charge >= 0.3 is 0 Å². The first-order valence-electron chi connectivity index (χ1n) is 10.9. The molecule has 1 aliphatic rings. The van der Waals surface area contributed by atoms with Gasteiger partial charge in [-0.05, 0) is 42.7 Å². The van der Waals surface area contributed by atoms with E-state index in [-0.39, 0.29) is 30.5 Å². The van der Waals surface area contributed by atoms with Crippen LogP contribution in [0.3, 0.4) is 0 Å². The molecule has 0 aromatic heterocycles. The zero-order valence-electron chi connectivity index (χ0n) is 19.1. The number of halogens is 1. The van der Waals surface area contributed by atoms with Crippen LogP contribution in [-0.4, -0.2) is 50.6 Å². The van der Waals surface area contributed by atoms with E-state index in [4.69, 9.17) is 9.47 Å². The fourth-order valence-electron chi connectivity index (χ4n) is 4.10. The summed E-state index contributed by atoms with van der Waals surface area (Å²) >= 11 is 0. The van der Waals surface area contributed by atoms with Gasteiger partial charge in [0.15, 0.2) is 0 Å². The number of methoxy groups -OCH3 is 2. The standard InChI is InChI=1S/C25H31FN2O4/c1-16(2)11-12-27-24(29)21-15-28(25(30)18-7-5-6-8-22(18)26)14-20(21)19-13-17(31-3)9-10-23(19)32-4/h5-10,13,16,20-21H,11-12,14-15H2,1-4H3,(H,27,29)/t20-,21-/m0/s1. The van der Waals surface area contributed by atoms with Crippen molar-refractivity contribution in [1.29, 1.82) is 0 Å². The molecule has 6 nitrogen and oxygen atoms in total. The zero-order chi connectivity index (χ0) is 23.3. The number of rotatable bonds is 8. The van der Waals surface area contributed by atoms with E-state index in [1.165, 1.54) is 12.1 Å². The van der Waals surface area contributed by atoms with Crippen LogP contribution in [0.2, 0.25) is 0 Å². The second-order valence-electron chi connectivity index (χ2n) is 8.48. The summed E-state index contributed by atoms with van der Waals surface area (Å²) in [5, 5.41) is 3.01. The monoisotopic (exact) mass is 442 g/mol. The molecule has 1 fully saturated rings. The van der Waals surface area contributed by atoms with E-state index in [1.807, 2.05) is 6.07 Å².